The highest BCUT2D eigenvalue weighted by molar-refractivity contribution is 7.90. The van der Waals surface area contributed by atoms with Gasteiger partial charge in [-0.2, -0.15) is 4.31 Å². The van der Waals surface area contributed by atoms with E-state index in [4.69, 9.17) is 17.3 Å². The highest BCUT2D eigenvalue weighted by atomic mass is 35.5. The molecule has 1 fully saturated rings. The van der Waals surface area contributed by atoms with Gasteiger partial charge in [-0.1, -0.05) is 17.7 Å². The molecule has 7 heteroatoms. The quantitative estimate of drug-likeness (QED) is 0.914. The zero-order chi connectivity index (χ0) is 13.3. The van der Waals surface area contributed by atoms with E-state index in [1.807, 2.05) is 0 Å². The molecule has 1 aliphatic heterocycles. The smallest absolute Gasteiger partial charge is 0.218 e. The predicted octanol–water partition coefficient (Wildman–Crippen LogP) is 1.34. The molecule has 2 N–H and O–H groups in total. The molecule has 0 radical (unpaired) electrons. The van der Waals surface area contributed by atoms with E-state index in [-0.39, 0.29) is 13.1 Å². The first-order chi connectivity index (χ1) is 8.45. The van der Waals surface area contributed by atoms with Crippen LogP contribution in [0.15, 0.2) is 18.2 Å². The molecule has 1 aliphatic rings. The van der Waals surface area contributed by atoms with Crippen molar-refractivity contribution in [3.8, 4) is 0 Å². The summed E-state index contributed by atoms with van der Waals surface area (Å²) in [5.74, 6) is -0.492. The van der Waals surface area contributed by atoms with Crippen molar-refractivity contribution in [2.24, 2.45) is 5.73 Å². The number of benzene rings is 1. The van der Waals surface area contributed by atoms with Crippen LogP contribution in [-0.2, 0) is 16.6 Å². The van der Waals surface area contributed by atoms with Crippen LogP contribution in [0.25, 0.3) is 0 Å². The Hall–Kier alpha value is -0.690. The Balaban J connectivity index is 2.20. The summed E-state index contributed by atoms with van der Waals surface area (Å²) in [4.78, 5) is 0. The van der Waals surface area contributed by atoms with Crippen LogP contribution in [0.3, 0.4) is 0 Å². The first-order valence-electron chi connectivity index (χ1n) is 5.58. The average molecular weight is 293 g/mol. The number of hydrogen-bond acceptors (Lipinski definition) is 3. The summed E-state index contributed by atoms with van der Waals surface area (Å²) in [6.45, 7) is 0.510. The molecule has 0 amide bonds. The molecular formula is C11H14ClFN2O2S. The normalized spacial score (nSPS) is 23.4. The highest BCUT2D eigenvalue weighted by Crippen LogP contribution is 2.25. The van der Waals surface area contributed by atoms with Crippen molar-refractivity contribution in [1.82, 2.24) is 4.31 Å². The maximum Gasteiger partial charge on any atom is 0.218 e. The summed E-state index contributed by atoms with van der Waals surface area (Å²) >= 11 is 5.65. The van der Waals surface area contributed by atoms with E-state index in [1.54, 1.807) is 6.07 Å². The maximum absolute atomic E-state index is 13.6. The van der Waals surface area contributed by atoms with Gasteiger partial charge in [0.1, 0.15) is 5.82 Å². The summed E-state index contributed by atoms with van der Waals surface area (Å²) in [6, 6.07) is 4.23. The molecule has 100 valence electrons. The van der Waals surface area contributed by atoms with Gasteiger partial charge in [-0.25, -0.2) is 12.8 Å². The number of hydrogen-bond donors (Lipinski definition) is 1. The zero-order valence-electron chi connectivity index (χ0n) is 9.64. The van der Waals surface area contributed by atoms with E-state index in [1.165, 1.54) is 16.4 Å². The third-order valence-electron chi connectivity index (χ3n) is 3.11. The first-order valence-corrected chi connectivity index (χ1v) is 7.46. The van der Waals surface area contributed by atoms with Gasteiger partial charge < -0.3 is 5.73 Å². The summed E-state index contributed by atoms with van der Waals surface area (Å²) < 4.78 is 38.9. The Labute approximate surface area is 111 Å². The van der Waals surface area contributed by atoms with Crippen LogP contribution in [0, 0.1) is 5.82 Å². The lowest BCUT2D eigenvalue weighted by molar-refractivity contribution is 0.430. The van der Waals surface area contributed by atoms with Crippen LogP contribution in [0.2, 0.25) is 5.02 Å². The number of sulfonamides is 1. The minimum Gasteiger partial charge on any atom is -0.329 e. The van der Waals surface area contributed by atoms with E-state index in [9.17, 15) is 12.8 Å². The average Bonchev–Trinajstić information content (AvgIpc) is 2.57. The van der Waals surface area contributed by atoms with Gasteiger partial charge in [0, 0.05) is 30.2 Å². The van der Waals surface area contributed by atoms with Crippen molar-refractivity contribution in [2.75, 3.05) is 13.1 Å². The Morgan fingerprint density at radius 2 is 2.22 bits per heavy atom. The molecule has 0 aliphatic carbocycles. The summed E-state index contributed by atoms with van der Waals surface area (Å²) in [7, 11) is -3.39. The van der Waals surface area contributed by atoms with Gasteiger partial charge in [0.2, 0.25) is 10.0 Å². The molecule has 1 aromatic rings. The van der Waals surface area contributed by atoms with Crippen molar-refractivity contribution >= 4 is 21.6 Å². The van der Waals surface area contributed by atoms with Crippen LogP contribution in [0.1, 0.15) is 12.0 Å². The van der Waals surface area contributed by atoms with Gasteiger partial charge in [-0.05, 0) is 18.6 Å². The number of nitrogens with two attached hydrogens (primary N) is 1. The van der Waals surface area contributed by atoms with Gasteiger partial charge in [0.05, 0.1) is 5.25 Å². The van der Waals surface area contributed by atoms with E-state index in [0.29, 0.717) is 23.6 Å². The molecule has 4 nitrogen and oxygen atoms in total. The van der Waals surface area contributed by atoms with Crippen molar-refractivity contribution in [3.05, 3.63) is 34.6 Å². The van der Waals surface area contributed by atoms with Gasteiger partial charge in [-0.15, -0.1) is 0 Å². The Bertz CT molecular complexity index is 550. The highest BCUT2D eigenvalue weighted by Gasteiger charge is 2.37. The maximum atomic E-state index is 13.6. The monoisotopic (exact) mass is 292 g/mol. The van der Waals surface area contributed by atoms with E-state index >= 15 is 0 Å². The number of nitrogens with zero attached hydrogens (tertiary/aromatic N) is 1. The van der Waals surface area contributed by atoms with Crippen LogP contribution < -0.4 is 5.73 Å². The van der Waals surface area contributed by atoms with Crippen molar-refractivity contribution in [2.45, 2.75) is 18.2 Å². The third kappa shape index (κ3) is 2.51. The van der Waals surface area contributed by atoms with E-state index in [0.717, 1.165) is 0 Å². The van der Waals surface area contributed by atoms with Gasteiger partial charge in [0.15, 0.2) is 0 Å². The Kier molecular flexibility index (Phi) is 3.91. The second kappa shape index (κ2) is 5.13. The second-order valence-corrected chi connectivity index (χ2v) is 6.91. The minimum absolute atomic E-state index is 0.0296. The van der Waals surface area contributed by atoms with Crippen LogP contribution >= 0.6 is 11.6 Å². The molecule has 18 heavy (non-hydrogen) atoms. The second-order valence-electron chi connectivity index (χ2n) is 4.26. The molecular weight excluding hydrogens is 279 g/mol. The SMILES string of the molecule is NC[C@@H]1CCN(Cc2ccc(Cl)cc2F)S1(=O)=O. The fraction of sp³-hybridized carbons (Fsp3) is 0.455. The molecule has 1 heterocycles. The standard InChI is InChI=1S/C11H14ClFN2O2S/c12-9-2-1-8(11(13)5-9)7-15-4-3-10(6-14)18(15,16)17/h1-2,5,10H,3-4,6-7,14H2/t10-/m0/s1. The fourth-order valence-corrected chi connectivity index (χ4v) is 3.93. The van der Waals surface area contributed by atoms with Crippen molar-refractivity contribution in [1.29, 1.82) is 0 Å². The molecule has 0 spiro atoms. The summed E-state index contributed by atoms with van der Waals surface area (Å²) in [5.41, 5.74) is 5.74. The zero-order valence-corrected chi connectivity index (χ0v) is 11.2. The lowest BCUT2D eigenvalue weighted by Gasteiger charge is -2.16. The van der Waals surface area contributed by atoms with Gasteiger partial charge in [-0.3, -0.25) is 0 Å². The van der Waals surface area contributed by atoms with E-state index < -0.39 is 21.1 Å². The lowest BCUT2D eigenvalue weighted by atomic mass is 10.2. The largest absolute Gasteiger partial charge is 0.329 e. The summed E-state index contributed by atoms with van der Waals surface area (Å²) in [6.07, 6.45) is 0.494. The molecule has 0 aromatic heterocycles. The molecule has 0 saturated carbocycles. The first kappa shape index (κ1) is 13.7. The molecule has 0 unspecified atom stereocenters. The number of halogens is 2. The van der Waals surface area contributed by atoms with Crippen LogP contribution in [0.5, 0.6) is 0 Å². The van der Waals surface area contributed by atoms with Gasteiger partial charge in [0.25, 0.3) is 0 Å². The summed E-state index contributed by atoms with van der Waals surface area (Å²) in [5, 5.41) is -0.256. The number of rotatable bonds is 3. The van der Waals surface area contributed by atoms with Crippen LogP contribution in [0.4, 0.5) is 4.39 Å². The third-order valence-corrected chi connectivity index (χ3v) is 5.64. The van der Waals surface area contributed by atoms with E-state index in [2.05, 4.69) is 0 Å². The molecule has 0 bridgehead atoms. The minimum atomic E-state index is -3.39. The van der Waals surface area contributed by atoms with Crippen LogP contribution in [-0.4, -0.2) is 31.1 Å². The van der Waals surface area contributed by atoms with Crippen molar-refractivity contribution in [3.63, 3.8) is 0 Å². The Morgan fingerprint density at radius 1 is 1.50 bits per heavy atom. The topological polar surface area (TPSA) is 63.4 Å². The van der Waals surface area contributed by atoms with Crippen molar-refractivity contribution < 1.29 is 12.8 Å². The lowest BCUT2D eigenvalue weighted by Crippen LogP contribution is -2.33. The van der Waals surface area contributed by atoms with Gasteiger partial charge >= 0.3 is 0 Å². The molecule has 1 aromatic carbocycles. The molecule has 1 saturated heterocycles. The molecule has 1 atom stereocenters. The molecule has 2 rings (SSSR count). The Morgan fingerprint density at radius 3 is 2.78 bits per heavy atom. The fourth-order valence-electron chi connectivity index (χ4n) is 2.02. The predicted molar refractivity (Wildman–Crippen MR) is 68.2 cm³/mol.